The summed E-state index contributed by atoms with van der Waals surface area (Å²) in [5.41, 5.74) is 0.121. The largest absolute Gasteiger partial charge is 0.453 e. The molecule has 0 amide bonds. The van der Waals surface area contributed by atoms with E-state index in [1.54, 1.807) is 0 Å². The Morgan fingerprint density at radius 2 is 1.94 bits per heavy atom. The molecule has 1 rings (SSSR count). The monoisotopic (exact) mass is 242 g/mol. The number of carbonyl (C=O) groups is 1. The average Bonchev–Trinajstić information content (AvgIpc) is 2.60. The van der Waals surface area contributed by atoms with Gasteiger partial charge in [-0.05, 0) is 0 Å². The van der Waals surface area contributed by atoms with E-state index in [0.717, 1.165) is 17.1 Å². The van der Waals surface area contributed by atoms with E-state index in [4.69, 9.17) is 0 Å². The van der Waals surface area contributed by atoms with Crippen LogP contribution in [-0.4, -0.2) is 28.2 Å². The number of aryl methyl sites for hydroxylation is 1. The fraction of sp³-hybridized carbons (Fsp3) is 0.500. The average molecular weight is 242 g/mol. The second-order valence-corrected chi connectivity index (χ2v) is 3.11. The Labute approximate surface area is 86.9 Å². The van der Waals surface area contributed by atoms with Gasteiger partial charge in [-0.25, -0.2) is 0 Å². The molecule has 0 aliphatic rings. The number of hydrogen-bond acceptors (Lipinski definition) is 2. The number of hydrogen-bond donors (Lipinski definition) is 0. The highest BCUT2D eigenvalue weighted by Gasteiger charge is 2.56. The molecule has 1 aromatic rings. The minimum absolute atomic E-state index is 0.121. The summed E-state index contributed by atoms with van der Waals surface area (Å²) in [5.74, 6) is -4.75. The first-order valence-electron chi connectivity index (χ1n) is 4.18. The Kier molecular flexibility index (Phi) is 3.30. The first kappa shape index (κ1) is 12.6. The van der Waals surface area contributed by atoms with Crippen molar-refractivity contribution in [3.05, 3.63) is 18.0 Å². The third-order valence-electron chi connectivity index (χ3n) is 1.86. The quantitative estimate of drug-likeness (QED) is 0.599. The molecule has 1 heterocycles. The van der Waals surface area contributed by atoms with Crippen molar-refractivity contribution in [2.45, 2.75) is 25.1 Å². The van der Waals surface area contributed by atoms with Crippen molar-refractivity contribution in [2.75, 3.05) is 0 Å². The minimum Gasteiger partial charge on any atom is -0.298 e. The zero-order chi connectivity index (χ0) is 12.4. The molecule has 0 spiro atoms. The van der Waals surface area contributed by atoms with Crippen molar-refractivity contribution in [2.24, 2.45) is 0 Å². The van der Waals surface area contributed by atoms with Crippen molar-refractivity contribution in [1.29, 1.82) is 0 Å². The molecule has 16 heavy (non-hydrogen) atoms. The van der Waals surface area contributed by atoms with Gasteiger partial charge >= 0.3 is 12.1 Å². The van der Waals surface area contributed by atoms with Gasteiger partial charge in [-0.15, -0.1) is 0 Å². The maximum Gasteiger partial charge on any atom is 0.453 e. The van der Waals surface area contributed by atoms with Crippen molar-refractivity contribution >= 4 is 6.29 Å². The second-order valence-electron chi connectivity index (χ2n) is 3.11. The van der Waals surface area contributed by atoms with Gasteiger partial charge in [0.15, 0.2) is 6.29 Å². The summed E-state index contributed by atoms with van der Waals surface area (Å²) in [6.07, 6.45) is -4.37. The highest BCUT2D eigenvalue weighted by Crippen LogP contribution is 2.38. The van der Waals surface area contributed by atoms with Gasteiger partial charge in [0.1, 0.15) is 0 Å². The molecular weight excluding hydrogens is 235 g/mol. The molecule has 0 N–H and O–H groups in total. The first-order valence-corrected chi connectivity index (χ1v) is 4.18. The lowest BCUT2D eigenvalue weighted by atomic mass is 10.2. The lowest BCUT2D eigenvalue weighted by molar-refractivity contribution is -0.285. The summed E-state index contributed by atoms with van der Waals surface area (Å²) < 4.78 is 61.1. The Balaban J connectivity index is 2.61. The summed E-state index contributed by atoms with van der Waals surface area (Å²) >= 11 is 0. The van der Waals surface area contributed by atoms with Gasteiger partial charge in [-0.3, -0.25) is 9.48 Å². The van der Waals surface area contributed by atoms with Crippen LogP contribution in [-0.2, 0) is 6.54 Å². The van der Waals surface area contributed by atoms with Crippen molar-refractivity contribution in [3.8, 4) is 0 Å². The first-order chi connectivity index (χ1) is 7.26. The number of carbonyl (C=O) groups excluding carboxylic acids is 1. The zero-order valence-electron chi connectivity index (χ0n) is 7.84. The molecule has 0 aliphatic heterocycles. The number of nitrogens with zero attached hydrogens (tertiary/aromatic N) is 2. The molecule has 0 atom stereocenters. The number of aromatic nitrogens is 2. The van der Waals surface area contributed by atoms with Crippen LogP contribution in [0.4, 0.5) is 22.0 Å². The molecule has 0 bridgehead atoms. The van der Waals surface area contributed by atoms with Crippen LogP contribution in [0.15, 0.2) is 12.4 Å². The van der Waals surface area contributed by atoms with E-state index in [-0.39, 0.29) is 5.56 Å². The maximum atomic E-state index is 12.5. The predicted molar refractivity (Wildman–Crippen MR) is 43.2 cm³/mol. The van der Waals surface area contributed by atoms with E-state index in [9.17, 15) is 26.7 Å². The lowest BCUT2D eigenvalue weighted by Crippen LogP contribution is -2.37. The van der Waals surface area contributed by atoms with Crippen LogP contribution < -0.4 is 0 Å². The highest BCUT2D eigenvalue weighted by molar-refractivity contribution is 5.73. The molecule has 90 valence electrons. The van der Waals surface area contributed by atoms with E-state index in [1.165, 1.54) is 0 Å². The van der Waals surface area contributed by atoms with Gasteiger partial charge in [-0.2, -0.15) is 27.1 Å². The van der Waals surface area contributed by atoms with Gasteiger partial charge in [0, 0.05) is 19.2 Å². The van der Waals surface area contributed by atoms with Crippen LogP contribution in [0.1, 0.15) is 16.8 Å². The molecule has 3 nitrogen and oxygen atoms in total. The Morgan fingerprint density at radius 1 is 1.31 bits per heavy atom. The fourth-order valence-corrected chi connectivity index (χ4v) is 0.959. The third-order valence-corrected chi connectivity index (χ3v) is 1.86. The van der Waals surface area contributed by atoms with Gasteiger partial charge in [-0.1, -0.05) is 0 Å². The Morgan fingerprint density at radius 3 is 2.38 bits per heavy atom. The van der Waals surface area contributed by atoms with E-state index in [0.29, 0.717) is 6.29 Å². The minimum atomic E-state index is -5.56. The van der Waals surface area contributed by atoms with Crippen LogP contribution in [0.2, 0.25) is 0 Å². The van der Waals surface area contributed by atoms with Crippen LogP contribution in [0.3, 0.4) is 0 Å². The second kappa shape index (κ2) is 4.18. The van der Waals surface area contributed by atoms with Crippen LogP contribution in [0, 0.1) is 0 Å². The molecule has 8 heteroatoms. The summed E-state index contributed by atoms with van der Waals surface area (Å²) in [6.45, 7) is -0.611. The van der Waals surface area contributed by atoms with Gasteiger partial charge in [0.25, 0.3) is 0 Å². The van der Waals surface area contributed by atoms with Crippen molar-refractivity contribution in [1.82, 2.24) is 9.78 Å². The zero-order valence-corrected chi connectivity index (χ0v) is 7.84. The Bertz CT molecular complexity index is 371. The van der Waals surface area contributed by atoms with Crippen LogP contribution in [0.25, 0.3) is 0 Å². The molecule has 0 aromatic carbocycles. The number of halogens is 5. The summed E-state index contributed by atoms with van der Waals surface area (Å²) in [4.78, 5) is 10.2. The highest BCUT2D eigenvalue weighted by atomic mass is 19.4. The van der Waals surface area contributed by atoms with Gasteiger partial charge < -0.3 is 0 Å². The SMILES string of the molecule is O=Cc1cnn(CCC(F)(F)C(F)(F)F)c1. The number of aldehydes is 1. The molecular formula is C8H7F5N2O. The smallest absolute Gasteiger partial charge is 0.298 e. The normalized spacial score (nSPS) is 12.8. The number of rotatable bonds is 4. The van der Waals surface area contributed by atoms with Crippen molar-refractivity contribution < 1.29 is 26.7 Å². The summed E-state index contributed by atoms with van der Waals surface area (Å²) in [7, 11) is 0. The number of alkyl halides is 5. The molecule has 0 radical (unpaired) electrons. The van der Waals surface area contributed by atoms with Gasteiger partial charge in [0.2, 0.25) is 0 Å². The lowest BCUT2D eigenvalue weighted by Gasteiger charge is -2.19. The topological polar surface area (TPSA) is 34.9 Å². The van der Waals surface area contributed by atoms with Crippen LogP contribution >= 0.6 is 0 Å². The van der Waals surface area contributed by atoms with Gasteiger partial charge in [0.05, 0.1) is 11.8 Å². The van der Waals surface area contributed by atoms with E-state index in [2.05, 4.69) is 5.10 Å². The van der Waals surface area contributed by atoms with E-state index < -0.39 is 25.1 Å². The molecule has 0 fully saturated rings. The summed E-state index contributed by atoms with van der Waals surface area (Å²) in [6, 6.07) is 0. The van der Waals surface area contributed by atoms with Crippen LogP contribution in [0.5, 0.6) is 0 Å². The molecule has 1 aromatic heterocycles. The predicted octanol–water partition coefficient (Wildman–Crippen LogP) is 2.28. The molecule has 0 saturated heterocycles. The van der Waals surface area contributed by atoms with Crippen molar-refractivity contribution in [3.63, 3.8) is 0 Å². The molecule has 0 aliphatic carbocycles. The standard InChI is InChI=1S/C8H7F5N2O/c9-7(10,8(11,12)13)1-2-15-4-6(5-16)3-14-15/h3-5H,1-2H2. The molecule has 0 saturated carbocycles. The van der Waals surface area contributed by atoms with E-state index >= 15 is 0 Å². The Hall–Kier alpha value is -1.47. The molecule has 0 unspecified atom stereocenters. The fourth-order valence-electron chi connectivity index (χ4n) is 0.959. The maximum absolute atomic E-state index is 12.5. The summed E-state index contributed by atoms with van der Waals surface area (Å²) in [5, 5.41) is 3.46. The third kappa shape index (κ3) is 2.77. The van der Waals surface area contributed by atoms with E-state index in [1.807, 2.05) is 0 Å².